The topological polar surface area (TPSA) is 62.2 Å². The van der Waals surface area contributed by atoms with Crippen LogP contribution in [0.2, 0.25) is 0 Å². The van der Waals surface area contributed by atoms with Crippen LogP contribution < -0.4 is 9.47 Å². The summed E-state index contributed by atoms with van der Waals surface area (Å²) in [4.78, 5) is 16.5. The fourth-order valence-corrected chi connectivity index (χ4v) is 3.34. The van der Waals surface area contributed by atoms with Crippen LogP contribution in [0.4, 0.5) is 0 Å². The highest BCUT2D eigenvalue weighted by atomic mass is 16.7. The van der Waals surface area contributed by atoms with Crippen LogP contribution in [0.3, 0.4) is 0 Å². The molecule has 1 N–H and O–H groups in total. The molecule has 23 heavy (non-hydrogen) atoms. The predicted octanol–water partition coefficient (Wildman–Crippen LogP) is 1.33. The second kappa shape index (κ2) is 6.37. The number of hydrogen-bond acceptors (Lipinski definition) is 5. The molecule has 0 saturated carbocycles. The van der Waals surface area contributed by atoms with Crippen molar-refractivity contribution in [1.29, 1.82) is 0 Å². The third-order valence-corrected chi connectivity index (χ3v) is 4.43. The highest BCUT2D eigenvalue weighted by molar-refractivity contribution is 5.95. The highest BCUT2D eigenvalue weighted by Crippen LogP contribution is 2.33. The first-order valence-electron chi connectivity index (χ1n) is 8.03. The quantitative estimate of drug-likeness (QED) is 0.910. The zero-order valence-electron chi connectivity index (χ0n) is 13.7. The average molecular weight is 320 g/mol. The van der Waals surface area contributed by atoms with Crippen molar-refractivity contribution in [2.75, 3.05) is 40.5 Å². The van der Waals surface area contributed by atoms with Crippen LogP contribution in [0.5, 0.6) is 11.5 Å². The lowest BCUT2D eigenvalue weighted by atomic mass is 9.94. The Bertz CT molecular complexity index is 590. The van der Waals surface area contributed by atoms with Crippen molar-refractivity contribution in [3.8, 4) is 11.5 Å². The molecule has 0 aliphatic carbocycles. The summed E-state index contributed by atoms with van der Waals surface area (Å²) in [5.41, 5.74) is -0.111. The third-order valence-electron chi connectivity index (χ3n) is 4.43. The molecule has 2 aliphatic rings. The molecule has 1 atom stereocenters. The smallest absolute Gasteiger partial charge is 0.253 e. The molecule has 0 radical (unpaired) electrons. The number of ether oxygens (including phenoxy) is 2. The number of aliphatic hydroxyl groups is 1. The molecule has 1 amide bonds. The van der Waals surface area contributed by atoms with Gasteiger partial charge in [0, 0.05) is 25.2 Å². The predicted molar refractivity (Wildman–Crippen MR) is 85.8 cm³/mol. The van der Waals surface area contributed by atoms with Gasteiger partial charge in [-0.25, -0.2) is 0 Å². The molecule has 6 heteroatoms. The molecule has 1 aromatic rings. The van der Waals surface area contributed by atoms with Gasteiger partial charge >= 0.3 is 0 Å². The summed E-state index contributed by atoms with van der Waals surface area (Å²) in [6, 6.07) is 5.28. The molecular weight excluding hydrogens is 296 g/mol. The van der Waals surface area contributed by atoms with Crippen molar-refractivity contribution < 1.29 is 19.4 Å². The summed E-state index contributed by atoms with van der Waals surface area (Å²) in [5, 5.41) is 10.7. The Morgan fingerprint density at radius 3 is 2.83 bits per heavy atom. The fraction of sp³-hybridized carbons (Fsp3) is 0.588. The van der Waals surface area contributed by atoms with E-state index in [1.165, 1.54) is 0 Å². The van der Waals surface area contributed by atoms with Crippen molar-refractivity contribution in [3.63, 3.8) is 0 Å². The second-order valence-electron chi connectivity index (χ2n) is 6.68. The lowest BCUT2D eigenvalue weighted by Crippen LogP contribution is -2.41. The Labute approximate surface area is 136 Å². The van der Waals surface area contributed by atoms with E-state index in [9.17, 15) is 9.90 Å². The molecule has 126 valence electrons. The van der Waals surface area contributed by atoms with E-state index >= 15 is 0 Å². The van der Waals surface area contributed by atoms with Gasteiger partial charge in [-0.3, -0.25) is 4.79 Å². The van der Waals surface area contributed by atoms with E-state index in [1.807, 2.05) is 23.9 Å². The van der Waals surface area contributed by atoms with Gasteiger partial charge in [-0.05, 0) is 51.6 Å². The highest BCUT2D eigenvalue weighted by Gasteiger charge is 2.32. The standard InChI is InChI=1S/C17H24N2O4/c1-18(2)11-17(21)6-3-8-19(9-7-17)16(20)13-4-5-14-15(10-13)23-12-22-14/h4-5,10,21H,3,6-9,11-12H2,1-2H3. The number of benzene rings is 1. The molecule has 0 spiro atoms. The van der Waals surface area contributed by atoms with E-state index in [2.05, 4.69) is 0 Å². The van der Waals surface area contributed by atoms with Crippen LogP contribution in [0, 0.1) is 0 Å². The van der Waals surface area contributed by atoms with Gasteiger partial charge in [0.1, 0.15) is 0 Å². The summed E-state index contributed by atoms with van der Waals surface area (Å²) < 4.78 is 10.6. The Balaban J connectivity index is 1.68. The van der Waals surface area contributed by atoms with E-state index in [4.69, 9.17) is 9.47 Å². The van der Waals surface area contributed by atoms with E-state index in [0.29, 0.717) is 43.1 Å². The molecule has 1 saturated heterocycles. The summed E-state index contributed by atoms with van der Waals surface area (Å²) in [6.45, 7) is 2.06. The number of carbonyl (C=O) groups excluding carboxylic acids is 1. The number of fused-ring (bicyclic) bond motifs is 1. The number of likely N-dealkylation sites (tertiary alicyclic amines) is 1. The second-order valence-corrected chi connectivity index (χ2v) is 6.68. The van der Waals surface area contributed by atoms with Crippen LogP contribution in [0.25, 0.3) is 0 Å². The lowest BCUT2D eigenvalue weighted by molar-refractivity contribution is 0.00305. The Hall–Kier alpha value is -1.79. The number of amides is 1. The molecule has 3 rings (SSSR count). The number of rotatable bonds is 3. The summed E-state index contributed by atoms with van der Waals surface area (Å²) >= 11 is 0. The summed E-state index contributed by atoms with van der Waals surface area (Å²) in [5.74, 6) is 1.28. The minimum absolute atomic E-state index is 0.0163. The van der Waals surface area contributed by atoms with Crippen LogP contribution in [-0.2, 0) is 0 Å². The van der Waals surface area contributed by atoms with Gasteiger partial charge in [-0.15, -0.1) is 0 Å². The van der Waals surface area contributed by atoms with Crippen LogP contribution >= 0.6 is 0 Å². The SMILES string of the molecule is CN(C)CC1(O)CCCN(C(=O)c2ccc3c(c2)OCO3)CC1. The minimum Gasteiger partial charge on any atom is -0.454 e. The van der Waals surface area contributed by atoms with Gasteiger partial charge in [0.15, 0.2) is 11.5 Å². The van der Waals surface area contributed by atoms with Gasteiger partial charge in [-0.2, -0.15) is 0 Å². The first-order valence-corrected chi connectivity index (χ1v) is 8.03. The van der Waals surface area contributed by atoms with Crippen molar-refractivity contribution >= 4 is 5.91 Å². The zero-order valence-corrected chi connectivity index (χ0v) is 13.7. The average Bonchev–Trinajstić information content (AvgIpc) is 2.88. The molecule has 0 aromatic heterocycles. The molecule has 0 bridgehead atoms. The molecule has 2 heterocycles. The van der Waals surface area contributed by atoms with Gasteiger partial charge in [0.05, 0.1) is 5.60 Å². The molecule has 1 unspecified atom stereocenters. The van der Waals surface area contributed by atoms with Crippen molar-refractivity contribution in [1.82, 2.24) is 9.80 Å². The van der Waals surface area contributed by atoms with E-state index in [-0.39, 0.29) is 12.7 Å². The van der Waals surface area contributed by atoms with Gasteiger partial charge < -0.3 is 24.4 Å². The van der Waals surface area contributed by atoms with Crippen LogP contribution in [-0.4, -0.2) is 66.9 Å². The first-order chi connectivity index (χ1) is 11.0. The Kier molecular flexibility index (Phi) is 4.46. The van der Waals surface area contributed by atoms with Crippen molar-refractivity contribution in [3.05, 3.63) is 23.8 Å². The number of nitrogens with zero attached hydrogens (tertiary/aromatic N) is 2. The largest absolute Gasteiger partial charge is 0.454 e. The van der Waals surface area contributed by atoms with Crippen LogP contribution in [0.15, 0.2) is 18.2 Å². The maximum Gasteiger partial charge on any atom is 0.253 e. The van der Waals surface area contributed by atoms with Gasteiger partial charge in [0.2, 0.25) is 6.79 Å². The van der Waals surface area contributed by atoms with E-state index < -0.39 is 5.60 Å². The third kappa shape index (κ3) is 3.59. The Morgan fingerprint density at radius 1 is 1.26 bits per heavy atom. The number of carbonyl (C=O) groups is 1. The maximum atomic E-state index is 12.7. The van der Waals surface area contributed by atoms with Crippen molar-refractivity contribution in [2.24, 2.45) is 0 Å². The lowest BCUT2D eigenvalue weighted by Gasteiger charge is -2.30. The molecule has 2 aliphatic heterocycles. The monoisotopic (exact) mass is 320 g/mol. The molecule has 6 nitrogen and oxygen atoms in total. The van der Waals surface area contributed by atoms with E-state index in [1.54, 1.807) is 18.2 Å². The Morgan fingerprint density at radius 2 is 2.04 bits per heavy atom. The number of likely N-dealkylation sites (N-methyl/N-ethyl adjacent to an activating group) is 1. The van der Waals surface area contributed by atoms with Gasteiger partial charge in [0.25, 0.3) is 5.91 Å². The molecule has 1 fully saturated rings. The summed E-state index contributed by atoms with van der Waals surface area (Å²) in [6.07, 6.45) is 2.12. The number of hydrogen-bond donors (Lipinski definition) is 1. The fourth-order valence-electron chi connectivity index (χ4n) is 3.34. The normalized spacial score (nSPS) is 23.9. The minimum atomic E-state index is -0.715. The first kappa shape index (κ1) is 16.1. The van der Waals surface area contributed by atoms with E-state index in [0.717, 1.165) is 12.8 Å². The summed E-state index contributed by atoms with van der Waals surface area (Å²) in [7, 11) is 3.91. The molecule has 1 aromatic carbocycles. The maximum absolute atomic E-state index is 12.7. The molecular formula is C17H24N2O4. The van der Waals surface area contributed by atoms with Gasteiger partial charge in [-0.1, -0.05) is 0 Å². The van der Waals surface area contributed by atoms with Crippen LogP contribution in [0.1, 0.15) is 29.6 Å². The van der Waals surface area contributed by atoms with Crippen molar-refractivity contribution in [2.45, 2.75) is 24.9 Å². The zero-order chi connectivity index (χ0) is 16.4.